The highest BCUT2D eigenvalue weighted by Crippen LogP contribution is 2.32. The van der Waals surface area contributed by atoms with Crippen LogP contribution in [0, 0.1) is 18.3 Å². The van der Waals surface area contributed by atoms with E-state index in [0.717, 1.165) is 49.0 Å². The van der Waals surface area contributed by atoms with Crippen LogP contribution in [0.25, 0.3) is 0 Å². The van der Waals surface area contributed by atoms with Crippen LogP contribution >= 0.6 is 0 Å². The van der Waals surface area contributed by atoms with Crippen molar-refractivity contribution in [3.05, 3.63) is 65.2 Å². The van der Waals surface area contributed by atoms with Crippen LogP contribution in [0.4, 0.5) is 5.69 Å². The fourth-order valence-corrected chi connectivity index (χ4v) is 4.73. The van der Waals surface area contributed by atoms with Gasteiger partial charge in [0.05, 0.1) is 23.7 Å². The van der Waals surface area contributed by atoms with Gasteiger partial charge in [-0.05, 0) is 56.2 Å². The maximum atomic E-state index is 13.6. The number of amides is 3. The number of hydrogen-bond acceptors (Lipinski definition) is 4. The largest absolute Gasteiger partial charge is 0.323 e. The second kappa shape index (κ2) is 9.35. The molecule has 1 saturated carbocycles. The standard InChI is InChI=1S/C26H27N3O3/c1-18-8-12-20(13-9-18)25(31)28(21-6-4-2-3-5-7-21)23-16-24(30)29(26(23)32)22-14-10-19(17-27)11-15-22/h8-15,21,23H,2-7,16H2,1H3. The van der Waals surface area contributed by atoms with Crippen LogP contribution in [0.15, 0.2) is 48.5 Å². The molecule has 2 aromatic carbocycles. The van der Waals surface area contributed by atoms with Gasteiger partial charge in [-0.2, -0.15) is 5.26 Å². The molecule has 164 valence electrons. The fourth-order valence-electron chi connectivity index (χ4n) is 4.73. The Labute approximate surface area is 188 Å². The second-order valence-electron chi connectivity index (χ2n) is 8.67. The first-order valence-corrected chi connectivity index (χ1v) is 11.3. The predicted octanol–water partition coefficient (Wildman–Crippen LogP) is 4.36. The number of nitrogens with zero attached hydrogens (tertiary/aromatic N) is 3. The Kier molecular flexibility index (Phi) is 6.36. The number of hydrogen-bond donors (Lipinski definition) is 0. The van der Waals surface area contributed by atoms with Crippen molar-refractivity contribution in [2.45, 2.75) is 64.0 Å². The Morgan fingerprint density at radius 2 is 1.59 bits per heavy atom. The summed E-state index contributed by atoms with van der Waals surface area (Å²) in [5.41, 5.74) is 2.49. The van der Waals surface area contributed by atoms with Crippen molar-refractivity contribution in [1.82, 2.24) is 4.90 Å². The molecule has 1 unspecified atom stereocenters. The lowest BCUT2D eigenvalue weighted by Crippen LogP contribution is -2.50. The third-order valence-electron chi connectivity index (χ3n) is 6.46. The van der Waals surface area contributed by atoms with Crippen molar-refractivity contribution < 1.29 is 14.4 Å². The van der Waals surface area contributed by atoms with E-state index in [2.05, 4.69) is 0 Å². The van der Waals surface area contributed by atoms with Gasteiger partial charge in [0.2, 0.25) is 5.91 Å². The number of benzene rings is 2. The van der Waals surface area contributed by atoms with E-state index in [9.17, 15) is 14.4 Å². The molecular weight excluding hydrogens is 402 g/mol. The van der Waals surface area contributed by atoms with Crippen LogP contribution in [0.1, 0.15) is 66.4 Å². The molecule has 3 amide bonds. The van der Waals surface area contributed by atoms with Crippen LogP contribution in [0.5, 0.6) is 0 Å². The highest BCUT2D eigenvalue weighted by Gasteiger charge is 2.46. The van der Waals surface area contributed by atoms with Crippen molar-refractivity contribution in [3.63, 3.8) is 0 Å². The molecule has 6 nitrogen and oxygen atoms in total. The average Bonchev–Trinajstić information content (AvgIpc) is 2.97. The molecule has 1 aliphatic heterocycles. The molecule has 0 radical (unpaired) electrons. The van der Waals surface area contributed by atoms with Crippen molar-refractivity contribution in [1.29, 1.82) is 5.26 Å². The minimum atomic E-state index is -0.810. The summed E-state index contributed by atoms with van der Waals surface area (Å²) in [5.74, 6) is -0.880. The highest BCUT2D eigenvalue weighted by molar-refractivity contribution is 6.23. The fraction of sp³-hybridized carbons (Fsp3) is 0.385. The first-order chi connectivity index (χ1) is 15.5. The first-order valence-electron chi connectivity index (χ1n) is 11.3. The van der Waals surface area contributed by atoms with Crippen LogP contribution in [-0.2, 0) is 9.59 Å². The third-order valence-corrected chi connectivity index (χ3v) is 6.46. The van der Waals surface area contributed by atoms with Gasteiger partial charge in [-0.1, -0.05) is 43.4 Å². The number of aryl methyl sites for hydroxylation is 1. The lowest BCUT2D eigenvalue weighted by atomic mass is 10.0. The minimum Gasteiger partial charge on any atom is -0.323 e. The van der Waals surface area contributed by atoms with Crippen LogP contribution in [-0.4, -0.2) is 34.7 Å². The quantitative estimate of drug-likeness (QED) is 0.534. The molecule has 0 aromatic heterocycles. The Balaban J connectivity index is 1.67. The van der Waals surface area contributed by atoms with Crippen LogP contribution in [0.3, 0.4) is 0 Å². The molecule has 1 aliphatic carbocycles. The Morgan fingerprint density at radius 3 is 2.19 bits per heavy atom. The molecule has 2 fully saturated rings. The van der Waals surface area contributed by atoms with E-state index in [1.54, 1.807) is 41.3 Å². The Hall–Kier alpha value is -3.46. The minimum absolute atomic E-state index is 0.0209. The van der Waals surface area contributed by atoms with Gasteiger partial charge in [0.1, 0.15) is 6.04 Å². The molecule has 0 bridgehead atoms. The van der Waals surface area contributed by atoms with E-state index < -0.39 is 6.04 Å². The monoisotopic (exact) mass is 429 g/mol. The van der Waals surface area contributed by atoms with Crippen molar-refractivity contribution in [2.24, 2.45) is 0 Å². The van der Waals surface area contributed by atoms with Crippen LogP contribution in [0.2, 0.25) is 0 Å². The SMILES string of the molecule is Cc1ccc(C(=O)N(C2CCCCCC2)C2CC(=O)N(c3ccc(C#N)cc3)C2=O)cc1. The van der Waals surface area contributed by atoms with Gasteiger partial charge < -0.3 is 4.90 Å². The van der Waals surface area contributed by atoms with Gasteiger partial charge in [-0.3, -0.25) is 14.4 Å². The summed E-state index contributed by atoms with van der Waals surface area (Å²) in [5, 5.41) is 9.02. The van der Waals surface area contributed by atoms with Crippen molar-refractivity contribution >= 4 is 23.4 Å². The van der Waals surface area contributed by atoms with Gasteiger partial charge in [-0.15, -0.1) is 0 Å². The zero-order chi connectivity index (χ0) is 22.7. The highest BCUT2D eigenvalue weighted by atomic mass is 16.2. The number of nitriles is 1. The number of imide groups is 1. The molecular formula is C26H27N3O3. The first kappa shape index (κ1) is 21.8. The third kappa shape index (κ3) is 4.29. The number of rotatable bonds is 4. The van der Waals surface area contributed by atoms with Gasteiger partial charge in [0.25, 0.3) is 11.8 Å². The Bertz CT molecular complexity index is 1050. The van der Waals surface area contributed by atoms with E-state index in [1.807, 2.05) is 25.1 Å². The average molecular weight is 430 g/mol. The summed E-state index contributed by atoms with van der Waals surface area (Å²) in [6.45, 7) is 1.96. The maximum absolute atomic E-state index is 13.6. The zero-order valence-electron chi connectivity index (χ0n) is 18.3. The maximum Gasteiger partial charge on any atom is 0.257 e. The molecule has 2 aromatic rings. The predicted molar refractivity (Wildman–Crippen MR) is 121 cm³/mol. The molecule has 1 atom stereocenters. The summed E-state index contributed by atoms with van der Waals surface area (Å²) in [6, 6.07) is 14.9. The van der Waals surface area contributed by atoms with E-state index in [4.69, 9.17) is 5.26 Å². The van der Waals surface area contributed by atoms with E-state index in [1.165, 1.54) is 0 Å². The van der Waals surface area contributed by atoms with E-state index in [-0.39, 0.29) is 30.2 Å². The molecule has 32 heavy (non-hydrogen) atoms. The molecule has 0 spiro atoms. The smallest absolute Gasteiger partial charge is 0.257 e. The van der Waals surface area contributed by atoms with E-state index in [0.29, 0.717) is 16.8 Å². The topological polar surface area (TPSA) is 81.5 Å². The Morgan fingerprint density at radius 1 is 0.969 bits per heavy atom. The summed E-state index contributed by atoms with van der Waals surface area (Å²) >= 11 is 0. The van der Waals surface area contributed by atoms with Crippen molar-refractivity contribution in [3.8, 4) is 6.07 Å². The molecule has 1 saturated heterocycles. The molecule has 2 aliphatic rings. The summed E-state index contributed by atoms with van der Waals surface area (Å²) in [6.07, 6.45) is 5.93. The zero-order valence-corrected chi connectivity index (χ0v) is 18.3. The van der Waals surface area contributed by atoms with Gasteiger partial charge >= 0.3 is 0 Å². The normalized spacial score (nSPS) is 19.5. The summed E-state index contributed by atoms with van der Waals surface area (Å²) < 4.78 is 0. The second-order valence-corrected chi connectivity index (χ2v) is 8.67. The molecule has 0 N–H and O–H groups in total. The van der Waals surface area contributed by atoms with Gasteiger partial charge in [0, 0.05) is 11.6 Å². The number of carbonyl (C=O) groups is 3. The van der Waals surface area contributed by atoms with Gasteiger partial charge in [0.15, 0.2) is 0 Å². The van der Waals surface area contributed by atoms with E-state index >= 15 is 0 Å². The number of carbonyl (C=O) groups excluding carboxylic acids is 3. The summed E-state index contributed by atoms with van der Waals surface area (Å²) in [7, 11) is 0. The van der Waals surface area contributed by atoms with Crippen molar-refractivity contribution in [2.75, 3.05) is 4.90 Å². The lowest BCUT2D eigenvalue weighted by Gasteiger charge is -2.35. The van der Waals surface area contributed by atoms with Crippen LogP contribution < -0.4 is 4.90 Å². The molecule has 6 heteroatoms. The van der Waals surface area contributed by atoms with Gasteiger partial charge in [-0.25, -0.2) is 4.90 Å². The summed E-state index contributed by atoms with van der Waals surface area (Å²) in [4.78, 5) is 42.9. The number of anilines is 1. The lowest BCUT2D eigenvalue weighted by molar-refractivity contribution is -0.123. The molecule has 1 heterocycles. The molecule has 4 rings (SSSR count).